The molecule has 0 radical (unpaired) electrons. The van der Waals surface area contributed by atoms with Crippen LogP contribution in [0.4, 0.5) is 4.79 Å². The summed E-state index contributed by atoms with van der Waals surface area (Å²) in [6.07, 6.45) is 1.85. The van der Waals surface area contributed by atoms with Gasteiger partial charge in [-0.1, -0.05) is 0 Å². The lowest BCUT2D eigenvalue weighted by molar-refractivity contribution is -0.146. The van der Waals surface area contributed by atoms with E-state index in [4.69, 9.17) is 5.11 Å². The number of ether oxygens (including phenoxy) is 1. The predicted octanol–water partition coefficient (Wildman–Crippen LogP) is 0.986. The number of carbonyl (C=O) groups excluding carboxylic acids is 1. The third kappa shape index (κ3) is 2.90. The fourth-order valence-electron chi connectivity index (χ4n) is 1.81. The minimum absolute atomic E-state index is 0.00611. The Morgan fingerprint density at radius 3 is 2.29 bits per heavy atom. The van der Waals surface area contributed by atoms with Gasteiger partial charge >= 0.3 is 12.1 Å². The lowest BCUT2D eigenvalue weighted by atomic mass is 9.86. The Hall–Kier alpha value is -1.26. The minimum Gasteiger partial charge on any atom is -0.469 e. The fraction of sp³-hybridized carbons (Fsp3) is 0.778. The van der Waals surface area contributed by atoms with Crippen molar-refractivity contribution < 1.29 is 19.4 Å². The molecule has 1 saturated carbocycles. The molecule has 0 atom stereocenters. The lowest BCUT2D eigenvalue weighted by Gasteiger charge is -2.26. The molecule has 1 amide bonds. The maximum absolute atomic E-state index is 11.1. The van der Waals surface area contributed by atoms with Crippen LogP contribution in [0.2, 0.25) is 0 Å². The number of esters is 1. The van der Waals surface area contributed by atoms with Crippen molar-refractivity contribution in [3.63, 3.8) is 0 Å². The summed E-state index contributed by atoms with van der Waals surface area (Å²) in [6, 6.07) is -0.00611. The molecule has 0 aliphatic heterocycles. The SMILES string of the molecule is COC(=O)C1CCC(NC(=O)O)CC1. The molecule has 0 aromatic rings. The Morgan fingerprint density at radius 2 is 1.86 bits per heavy atom. The largest absolute Gasteiger partial charge is 0.469 e. The van der Waals surface area contributed by atoms with Crippen molar-refractivity contribution in [2.75, 3.05) is 7.11 Å². The number of rotatable bonds is 2. The number of methoxy groups -OCH3 is 1. The van der Waals surface area contributed by atoms with E-state index in [-0.39, 0.29) is 17.9 Å². The predicted molar refractivity (Wildman–Crippen MR) is 48.9 cm³/mol. The quantitative estimate of drug-likeness (QED) is 0.653. The highest BCUT2D eigenvalue weighted by atomic mass is 16.5. The van der Waals surface area contributed by atoms with Gasteiger partial charge in [0.05, 0.1) is 13.0 Å². The van der Waals surface area contributed by atoms with Gasteiger partial charge < -0.3 is 15.2 Å². The smallest absolute Gasteiger partial charge is 0.404 e. The Bertz CT molecular complexity index is 221. The van der Waals surface area contributed by atoms with Crippen molar-refractivity contribution in [2.45, 2.75) is 31.7 Å². The van der Waals surface area contributed by atoms with Crippen LogP contribution in [0.1, 0.15) is 25.7 Å². The van der Waals surface area contributed by atoms with E-state index in [0.717, 1.165) is 0 Å². The van der Waals surface area contributed by atoms with E-state index in [0.29, 0.717) is 25.7 Å². The highest BCUT2D eigenvalue weighted by molar-refractivity contribution is 5.72. The van der Waals surface area contributed by atoms with Gasteiger partial charge in [0.2, 0.25) is 0 Å². The Balaban J connectivity index is 2.31. The zero-order valence-electron chi connectivity index (χ0n) is 8.16. The van der Waals surface area contributed by atoms with Gasteiger partial charge in [-0.3, -0.25) is 4.79 Å². The molecule has 1 rings (SSSR count). The Kier molecular flexibility index (Phi) is 3.73. The Labute approximate surface area is 82.4 Å². The second-order valence-corrected chi connectivity index (χ2v) is 3.52. The number of amides is 1. The minimum atomic E-state index is -0.994. The maximum atomic E-state index is 11.1. The van der Waals surface area contributed by atoms with Crippen molar-refractivity contribution in [1.82, 2.24) is 5.32 Å². The molecule has 0 aromatic carbocycles. The normalized spacial score (nSPS) is 26.6. The molecule has 0 unspecified atom stereocenters. The number of hydrogen-bond donors (Lipinski definition) is 2. The molecule has 0 saturated heterocycles. The van der Waals surface area contributed by atoms with Gasteiger partial charge in [0, 0.05) is 6.04 Å². The molecule has 0 bridgehead atoms. The average Bonchev–Trinajstić information content (AvgIpc) is 2.17. The van der Waals surface area contributed by atoms with Crippen LogP contribution < -0.4 is 5.32 Å². The van der Waals surface area contributed by atoms with Gasteiger partial charge in [-0.05, 0) is 25.7 Å². The lowest BCUT2D eigenvalue weighted by Crippen LogP contribution is -2.38. The number of nitrogens with one attached hydrogen (secondary N) is 1. The highest BCUT2D eigenvalue weighted by Crippen LogP contribution is 2.25. The van der Waals surface area contributed by atoms with Crippen molar-refractivity contribution in [1.29, 1.82) is 0 Å². The molecule has 0 aromatic heterocycles. The first kappa shape index (κ1) is 10.8. The molecule has 80 valence electrons. The van der Waals surface area contributed by atoms with Crippen LogP contribution in [0.5, 0.6) is 0 Å². The van der Waals surface area contributed by atoms with Gasteiger partial charge in [0.15, 0.2) is 0 Å². The second-order valence-electron chi connectivity index (χ2n) is 3.52. The van der Waals surface area contributed by atoms with Gasteiger partial charge in [-0.15, -0.1) is 0 Å². The second kappa shape index (κ2) is 4.83. The maximum Gasteiger partial charge on any atom is 0.404 e. The molecule has 1 fully saturated rings. The zero-order chi connectivity index (χ0) is 10.6. The van der Waals surface area contributed by atoms with Crippen LogP contribution in [-0.4, -0.2) is 30.3 Å². The van der Waals surface area contributed by atoms with Crippen LogP contribution in [-0.2, 0) is 9.53 Å². The molecule has 14 heavy (non-hydrogen) atoms. The first-order valence-corrected chi connectivity index (χ1v) is 4.70. The van der Waals surface area contributed by atoms with Gasteiger partial charge in [-0.2, -0.15) is 0 Å². The number of hydrogen-bond acceptors (Lipinski definition) is 3. The highest BCUT2D eigenvalue weighted by Gasteiger charge is 2.27. The van der Waals surface area contributed by atoms with E-state index >= 15 is 0 Å². The molecular formula is C9H15NO4. The summed E-state index contributed by atoms with van der Waals surface area (Å²) in [4.78, 5) is 21.5. The van der Waals surface area contributed by atoms with Gasteiger partial charge in [0.25, 0.3) is 0 Å². The van der Waals surface area contributed by atoms with E-state index in [1.807, 2.05) is 0 Å². The van der Waals surface area contributed by atoms with Crippen LogP contribution in [0.3, 0.4) is 0 Å². The summed E-state index contributed by atoms with van der Waals surface area (Å²) in [7, 11) is 1.38. The monoisotopic (exact) mass is 201 g/mol. The van der Waals surface area contributed by atoms with Crippen LogP contribution in [0.25, 0.3) is 0 Å². The van der Waals surface area contributed by atoms with E-state index in [2.05, 4.69) is 10.1 Å². The summed E-state index contributed by atoms with van der Waals surface area (Å²) >= 11 is 0. The Morgan fingerprint density at radius 1 is 1.29 bits per heavy atom. The number of carbonyl (C=O) groups is 2. The summed E-state index contributed by atoms with van der Waals surface area (Å²) in [6.45, 7) is 0. The summed E-state index contributed by atoms with van der Waals surface area (Å²) in [5, 5.41) is 10.9. The molecule has 1 aliphatic carbocycles. The zero-order valence-corrected chi connectivity index (χ0v) is 8.16. The van der Waals surface area contributed by atoms with Crippen LogP contribution >= 0.6 is 0 Å². The van der Waals surface area contributed by atoms with Crippen molar-refractivity contribution in [3.05, 3.63) is 0 Å². The van der Waals surface area contributed by atoms with Crippen molar-refractivity contribution in [3.8, 4) is 0 Å². The molecule has 0 heterocycles. The summed E-state index contributed by atoms with van der Waals surface area (Å²) in [5.74, 6) is -0.231. The average molecular weight is 201 g/mol. The third-order valence-electron chi connectivity index (χ3n) is 2.59. The molecule has 5 nitrogen and oxygen atoms in total. The van der Waals surface area contributed by atoms with Crippen LogP contribution in [0, 0.1) is 5.92 Å². The van der Waals surface area contributed by atoms with Gasteiger partial charge in [0.1, 0.15) is 0 Å². The van der Waals surface area contributed by atoms with Gasteiger partial charge in [-0.25, -0.2) is 4.79 Å². The molecular weight excluding hydrogens is 186 g/mol. The fourth-order valence-corrected chi connectivity index (χ4v) is 1.81. The van der Waals surface area contributed by atoms with E-state index < -0.39 is 6.09 Å². The molecule has 2 N–H and O–H groups in total. The van der Waals surface area contributed by atoms with Crippen molar-refractivity contribution in [2.24, 2.45) is 5.92 Å². The molecule has 1 aliphatic rings. The first-order valence-electron chi connectivity index (χ1n) is 4.70. The standard InChI is InChI=1S/C9H15NO4/c1-14-8(11)6-2-4-7(5-3-6)10-9(12)13/h6-7,10H,2-5H2,1H3,(H,12,13). The van der Waals surface area contributed by atoms with E-state index in [1.54, 1.807) is 0 Å². The van der Waals surface area contributed by atoms with E-state index in [1.165, 1.54) is 7.11 Å². The number of carboxylic acid groups (broad SMARTS) is 1. The third-order valence-corrected chi connectivity index (χ3v) is 2.59. The summed E-state index contributed by atoms with van der Waals surface area (Å²) in [5.41, 5.74) is 0. The summed E-state index contributed by atoms with van der Waals surface area (Å²) < 4.78 is 4.63. The topological polar surface area (TPSA) is 75.6 Å². The first-order chi connectivity index (χ1) is 6.63. The van der Waals surface area contributed by atoms with Crippen LogP contribution in [0.15, 0.2) is 0 Å². The molecule has 0 spiro atoms. The van der Waals surface area contributed by atoms with Crippen molar-refractivity contribution >= 4 is 12.1 Å². The molecule has 5 heteroatoms. The van der Waals surface area contributed by atoms with E-state index in [9.17, 15) is 9.59 Å².